The number of carbonyl (C=O) groups is 2. The number of carbonyl (C=O) groups excluding carboxylic acids is 2. The minimum absolute atomic E-state index is 0.0901. The third-order valence-corrected chi connectivity index (χ3v) is 6.31. The Kier molecular flexibility index (Phi) is 7.66. The summed E-state index contributed by atoms with van der Waals surface area (Å²) in [5.41, 5.74) is 0.950. The zero-order valence-corrected chi connectivity index (χ0v) is 22.1. The second-order valence-corrected chi connectivity index (χ2v) is 9.42. The highest BCUT2D eigenvalue weighted by Crippen LogP contribution is 2.45. The average molecular weight is 542 g/mol. The van der Waals surface area contributed by atoms with E-state index < -0.39 is 23.5 Å². The molecule has 1 atom stereocenters. The number of anilines is 1. The minimum Gasteiger partial charge on any atom is -0.507 e. The number of aliphatic hydroxyl groups is 1. The van der Waals surface area contributed by atoms with Crippen molar-refractivity contribution in [3.63, 3.8) is 0 Å². The number of rotatable bonds is 7. The van der Waals surface area contributed by atoms with Crippen LogP contribution in [0.25, 0.3) is 5.76 Å². The fraction of sp³-hybridized carbons (Fsp3) is 0.214. The van der Waals surface area contributed by atoms with Gasteiger partial charge in [-0.25, -0.2) is 0 Å². The fourth-order valence-electron chi connectivity index (χ4n) is 4.28. The maximum Gasteiger partial charge on any atom is 0.300 e. The van der Waals surface area contributed by atoms with E-state index in [9.17, 15) is 14.7 Å². The Morgan fingerprint density at radius 1 is 0.946 bits per heavy atom. The number of hydrogen-bond acceptors (Lipinski definition) is 6. The molecule has 0 saturated carbocycles. The monoisotopic (exact) mass is 541 g/mol. The molecule has 3 aromatic carbocycles. The van der Waals surface area contributed by atoms with Crippen LogP contribution in [0.3, 0.4) is 0 Å². The van der Waals surface area contributed by atoms with Crippen molar-refractivity contribution >= 4 is 46.3 Å². The number of Topliss-reactive ketones (excluding diaryl/α,β-unsaturated/α-hetero) is 1. The number of ketones is 1. The molecule has 0 bridgehead atoms. The summed E-state index contributed by atoms with van der Waals surface area (Å²) in [4.78, 5) is 28.2. The van der Waals surface area contributed by atoms with E-state index in [1.54, 1.807) is 48.5 Å². The third kappa shape index (κ3) is 5.10. The summed E-state index contributed by atoms with van der Waals surface area (Å²) in [5.74, 6) is -0.880. The molecule has 1 amide bonds. The van der Waals surface area contributed by atoms with Gasteiger partial charge in [-0.3, -0.25) is 14.5 Å². The molecule has 0 spiro atoms. The Bertz CT molecular complexity index is 1380. The molecule has 37 heavy (non-hydrogen) atoms. The lowest BCUT2D eigenvalue weighted by Crippen LogP contribution is -2.29. The van der Waals surface area contributed by atoms with E-state index in [0.29, 0.717) is 22.7 Å². The highest BCUT2D eigenvalue weighted by atomic mass is 35.5. The highest BCUT2D eigenvalue weighted by Gasteiger charge is 2.47. The molecule has 3 aromatic rings. The molecular formula is C28H25Cl2NO6. The molecule has 0 aliphatic carbocycles. The molecule has 1 aliphatic heterocycles. The summed E-state index contributed by atoms with van der Waals surface area (Å²) in [6.45, 7) is 3.79. The molecule has 0 radical (unpaired) electrons. The van der Waals surface area contributed by atoms with Crippen molar-refractivity contribution < 1.29 is 28.9 Å². The van der Waals surface area contributed by atoms with Gasteiger partial charge >= 0.3 is 0 Å². The Morgan fingerprint density at radius 3 is 2.27 bits per heavy atom. The van der Waals surface area contributed by atoms with Crippen LogP contribution >= 0.6 is 23.2 Å². The number of nitrogens with zero attached hydrogens (tertiary/aromatic N) is 1. The van der Waals surface area contributed by atoms with Gasteiger partial charge in [-0.05, 0) is 67.9 Å². The summed E-state index contributed by atoms with van der Waals surface area (Å²) in [6.07, 6.45) is -0.0962. The molecule has 7 nitrogen and oxygen atoms in total. The first-order valence-electron chi connectivity index (χ1n) is 11.4. The molecule has 9 heteroatoms. The van der Waals surface area contributed by atoms with Crippen LogP contribution in [0.4, 0.5) is 5.69 Å². The summed E-state index contributed by atoms with van der Waals surface area (Å²) < 4.78 is 16.5. The highest BCUT2D eigenvalue weighted by molar-refractivity contribution is 6.52. The van der Waals surface area contributed by atoms with Gasteiger partial charge in [-0.1, -0.05) is 35.3 Å². The number of ether oxygens (including phenoxy) is 3. The third-order valence-electron chi connectivity index (χ3n) is 5.81. The molecule has 1 fully saturated rings. The summed E-state index contributed by atoms with van der Waals surface area (Å²) in [5, 5.41) is 11.9. The summed E-state index contributed by atoms with van der Waals surface area (Å²) in [6, 6.07) is 15.7. The predicted molar refractivity (Wildman–Crippen MR) is 143 cm³/mol. The van der Waals surface area contributed by atoms with Gasteiger partial charge in [0.25, 0.3) is 11.7 Å². The zero-order chi connectivity index (χ0) is 26.9. The smallest absolute Gasteiger partial charge is 0.300 e. The predicted octanol–water partition coefficient (Wildman–Crippen LogP) is 6.42. The van der Waals surface area contributed by atoms with E-state index in [2.05, 4.69) is 0 Å². The fourth-order valence-corrected chi connectivity index (χ4v) is 4.85. The first kappa shape index (κ1) is 26.4. The van der Waals surface area contributed by atoms with Gasteiger partial charge in [0.1, 0.15) is 23.0 Å². The van der Waals surface area contributed by atoms with Crippen molar-refractivity contribution in [2.45, 2.75) is 26.0 Å². The van der Waals surface area contributed by atoms with Crippen LogP contribution in [-0.4, -0.2) is 37.1 Å². The van der Waals surface area contributed by atoms with Gasteiger partial charge in [0.2, 0.25) is 0 Å². The van der Waals surface area contributed by atoms with Gasteiger partial charge < -0.3 is 19.3 Å². The van der Waals surface area contributed by atoms with Crippen molar-refractivity contribution in [3.8, 4) is 17.2 Å². The van der Waals surface area contributed by atoms with Crippen LogP contribution in [0.1, 0.15) is 31.0 Å². The molecule has 192 valence electrons. The lowest BCUT2D eigenvalue weighted by atomic mass is 9.94. The first-order valence-corrected chi connectivity index (χ1v) is 12.2. The van der Waals surface area contributed by atoms with Crippen LogP contribution in [0.2, 0.25) is 10.0 Å². The number of halogens is 2. The number of aliphatic hydroxyl groups excluding tert-OH is 1. The first-order chi connectivity index (χ1) is 17.7. The van der Waals surface area contributed by atoms with Crippen molar-refractivity contribution in [3.05, 3.63) is 87.4 Å². The standard InChI is InChI=1S/C28H25Cl2NO6/c1-15(2)37-20-7-5-6-16(12-20)24-23(25(32)21-13-17(29)14-22(30)27(21)36-4)26(33)28(34)31(24)18-8-10-19(35-3)11-9-18/h5-15,24,32H,1-4H3/b25-23+. The summed E-state index contributed by atoms with van der Waals surface area (Å²) in [7, 11) is 2.91. The van der Waals surface area contributed by atoms with Crippen LogP contribution in [-0.2, 0) is 9.59 Å². The number of benzene rings is 3. The lowest BCUT2D eigenvalue weighted by Gasteiger charge is -2.26. The van der Waals surface area contributed by atoms with Gasteiger partial charge in [0.15, 0.2) is 0 Å². The Morgan fingerprint density at radius 2 is 1.65 bits per heavy atom. The van der Waals surface area contributed by atoms with E-state index in [4.69, 9.17) is 37.4 Å². The van der Waals surface area contributed by atoms with Gasteiger partial charge in [0.05, 0.1) is 42.5 Å². The second kappa shape index (κ2) is 10.7. The lowest BCUT2D eigenvalue weighted by molar-refractivity contribution is -0.132. The van der Waals surface area contributed by atoms with Crippen LogP contribution in [0, 0.1) is 0 Å². The normalized spacial score (nSPS) is 16.8. The zero-order valence-electron chi connectivity index (χ0n) is 20.6. The largest absolute Gasteiger partial charge is 0.507 e. The Balaban J connectivity index is 1.98. The van der Waals surface area contributed by atoms with Gasteiger partial charge in [-0.2, -0.15) is 0 Å². The minimum atomic E-state index is -0.980. The molecule has 1 N–H and O–H groups in total. The molecule has 4 rings (SSSR count). The number of amides is 1. The van der Waals surface area contributed by atoms with E-state index in [1.165, 1.54) is 31.3 Å². The molecule has 1 heterocycles. The second-order valence-electron chi connectivity index (χ2n) is 8.57. The quantitative estimate of drug-likeness (QED) is 0.211. The maximum atomic E-state index is 13.5. The van der Waals surface area contributed by atoms with Crippen molar-refractivity contribution in [1.29, 1.82) is 0 Å². The average Bonchev–Trinajstić information content (AvgIpc) is 3.13. The summed E-state index contributed by atoms with van der Waals surface area (Å²) >= 11 is 12.5. The number of methoxy groups -OCH3 is 2. The molecule has 1 aliphatic rings. The Labute approximate surface area is 224 Å². The molecular weight excluding hydrogens is 517 g/mol. The van der Waals surface area contributed by atoms with Crippen molar-refractivity contribution in [2.75, 3.05) is 19.1 Å². The van der Waals surface area contributed by atoms with Crippen LogP contribution in [0.15, 0.2) is 66.2 Å². The molecule has 1 saturated heterocycles. The topological polar surface area (TPSA) is 85.3 Å². The maximum absolute atomic E-state index is 13.5. The van der Waals surface area contributed by atoms with E-state index in [0.717, 1.165) is 0 Å². The van der Waals surface area contributed by atoms with E-state index in [1.807, 2.05) is 13.8 Å². The SMILES string of the molecule is COc1ccc(N2C(=O)C(=O)/C(=C(/O)c3cc(Cl)cc(Cl)c3OC)C2c2cccc(OC(C)C)c2)cc1. The van der Waals surface area contributed by atoms with Gasteiger partial charge in [0, 0.05) is 10.7 Å². The number of hydrogen-bond donors (Lipinski definition) is 1. The van der Waals surface area contributed by atoms with Crippen molar-refractivity contribution in [1.82, 2.24) is 0 Å². The van der Waals surface area contributed by atoms with E-state index >= 15 is 0 Å². The van der Waals surface area contributed by atoms with Crippen LogP contribution in [0.5, 0.6) is 17.2 Å². The molecule has 0 aromatic heterocycles. The molecule has 1 unspecified atom stereocenters. The Hall–Kier alpha value is -3.68. The van der Waals surface area contributed by atoms with Crippen LogP contribution < -0.4 is 19.1 Å². The van der Waals surface area contributed by atoms with Gasteiger partial charge in [-0.15, -0.1) is 0 Å². The van der Waals surface area contributed by atoms with E-state index in [-0.39, 0.29) is 33.0 Å². The van der Waals surface area contributed by atoms with Crippen molar-refractivity contribution in [2.24, 2.45) is 0 Å².